The van der Waals surface area contributed by atoms with Gasteiger partial charge in [-0.05, 0) is 19.1 Å². The Labute approximate surface area is 88.9 Å². The molecule has 1 unspecified atom stereocenters. The first-order valence-electron chi connectivity index (χ1n) is 5.14. The first kappa shape index (κ1) is 9.96. The highest BCUT2D eigenvalue weighted by Crippen LogP contribution is 2.30. The fraction of sp³-hybridized carbons (Fsp3) is 0.455. The predicted molar refractivity (Wildman–Crippen MR) is 57.0 cm³/mol. The quantitative estimate of drug-likeness (QED) is 0.701. The Morgan fingerprint density at radius 2 is 2.53 bits per heavy atom. The maximum atomic E-state index is 11.7. The first-order valence-corrected chi connectivity index (χ1v) is 5.14. The van der Waals surface area contributed by atoms with Gasteiger partial charge in [-0.25, -0.2) is 4.98 Å². The second-order valence-corrected chi connectivity index (χ2v) is 3.61. The number of pyridine rings is 1. The number of amides is 1. The number of hydrogen-bond acceptors (Lipinski definition) is 3. The summed E-state index contributed by atoms with van der Waals surface area (Å²) in [7, 11) is 0. The van der Waals surface area contributed by atoms with Gasteiger partial charge in [-0.1, -0.05) is 6.92 Å². The highest BCUT2D eigenvalue weighted by atomic mass is 16.5. The van der Waals surface area contributed by atoms with E-state index in [-0.39, 0.29) is 12.0 Å². The van der Waals surface area contributed by atoms with Crippen LogP contribution in [-0.2, 0) is 4.79 Å². The lowest BCUT2D eigenvalue weighted by Gasteiger charge is -2.31. The Hall–Kier alpha value is -1.58. The van der Waals surface area contributed by atoms with E-state index in [9.17, 15) is 4.79 Å². The van der Waals surface area contributed by atoms with Gasteiger partial charge in [-0.3, -0.25) is 9.69 Å². The summed E-state index contributed by atoms with van der Waals surface area (Å²) in [5.41, 5.74) is 0. The van der Waals surface area contributed by atoms with Gasteiger partial charge in [0.2, 0.25) is 5.91 Å². The molecule has 4 nitrogen and oxygen atoms in total. The lowest BCUT2D eigenvalue weighted by atomic mass is 10.2. The van der Waals surface area contributed by atoms with Gasteiger partial charge in [0.1, 0.15) is 6.10 Å². The molecule has 15 heavy (non-hydrogen) atoms. The molecule has 0 aromatic carbocycles. The standard InChI is InChI=1S/C11H14N2O2/c1-3-10(14)13-7-8(2)15-9-5-4-6-12-11(9)13/h4-6,8H,3,7H2,1-2H3. The summed E-state index contributed by atoms with van der Waals surface area (Å²) < 4.78 is 5.60. The summed E-state index contributed by atoms with van der Waals surface area (Å²) in [6.07, 6.45) is 2.19. The molecule has 1 amide bonds. The number of rotatable bonds is 1. The van der Waals surface area contributed by atoms with Crippen molar-refractivity contribution < 1.29 is 9.53 Å². The summed E-state index contributed by atoms with van der Waals surface area (Å²) in [6.45, 7) is 4.38. The highest BCUT2D eigenvalue weighted by molar-refractivity contribution is 5.93. The second kappa shape index (κ2) is 3.88. The molecule has 0 bridgehead atoms. The molecule has 0 saturated heterocycles. The van der Waals surface area contributed by atoms with Crippen molar-refractivity contribution in [2.45, 2.75) is 26.4 Å². The van der Waals surface area contributed by atoms with Gasteiger partial charge in [-0.15, -0.1) is 0 Å². The molecule has 80 valence electrons. The smallest absolute Gasteiger partial charge is 0.228 e. The molecule has 0 N–H and O–H groups in total. The van der Waals surface area contributed by atoms with Crippen LogP contribution in [0, 0.1) is 0 Å². The Balaban J connectivity index is 2.38. The number of fused-ring (bicyclic) bond motifs is 1. The number of hydrogen-bond donors (Lipinski definition) is 0. The molecule has 1 aliphatic rings. The Morgan fingerprint density at radius 1 is 1.73 bits per heavy atom. The van der Waals surface area contributed by atoms with Crippen molar-refractivity contribution in [1.29, 1.82) is 0 Å². The van der Waals surface area contributed by atoms with E-state index in [4.69, 9.17) is 4.74 Å². The van der Waals surface area contributed by atoms with Crippen molar-refractivity contribution >= 4 is 11.7 Å². The minimum absolute atomic E-state index is 0.0252. The van der Waals surface area contributed by atoms with Crippen molar-refractivity contribution in [2.75, 3.05) is 11.4 Å². The van der Waals surface area contributed by atoms with Crippen LogP contribution in [0.5, 0.6) is 5.75 Å². The molecule has 4 heteroatoms. The molecule has 0 spiro atoms. The third-order valence-electron chi connectivity index (χ3n) is 2.38. The minimum atomic E-state index is 0.0252. The first-order chi connectivity index (χ1) is 7.22. The predicted octanol–water partition coefficient (Wildman–Crippen LogP) is 1.61. The van der Waals surface area contributed by atoms with E-state index < -0.39 is 0 Å². The average molecular weight is 206 g/mol. The van der Waals surface area contributed by atoms with Crippen LogP contribution in [0.25, 0.3) is 0 Å². The van der Waals surface area contributed by atoms with E-state index in [2.05, 4.69) is 4.98 Å². The van der Waals surface area contributed by atoms with E-state index in [1.807, 2.05) is 26.0 Å². The van der Waals surface area contributed by atoms with Crippen molar-refractivity contribution in [3.63, 3.8) is 0 Å². The maximum Gasteiger partial charge on any atom is 0.228 e. The van der Waals surface area contributed by atoms with Crippen molar-refractivity contribution in [1.82, 2.24) is 4.98 Å². The van der Waals surface area contributed by atoms with Crippen LogP contribution in [0.15, 0.2) is 18.3 Å². The van der Waals surface area contributed by atoms with Crippen LogP contribution >= 0.6 is 0 Å². The van der Waals surface area contributed by atoms with Gasteiger partial charge < -0.3 is 4.74 Å². The largest absolute Gasteiger partial charge is 0.485 e. The van der Waals surface area contributed by atoms with Crippen LogP contribution in [0.3, 0.4) is 0 Å². The molecule has 1 aliphatic heterocycles. The Morgan fingerprint density at radius 3 is 3.27 bits per heavy atom. The van der Waals surface area contributed by atoms with Gasteiger partial charge in [0.25, 0.3) is 0 Å². The third-order valence-corrected chi connectivity index (χ3v) is 2.38. The molecular formula is C11H14N2O2. The molecule has 0 aliphatic carbocycles. The topological polar surface area (TPSA) is 42.4 Å². The van der Waals surface area contributed by atoms with Gasteiger partial charge in [-0.2, -0.15) is 0 Å². The van der Waals surface area contributed by atoms with E-state index in [0.717, 1.165) is 0 Å². The molecule has 1 aromatic heterocycles. The SMILES string of the molecule is CCC(=O)N1CC(C)Oc2cccnc21. The molecule has 2 rings (SSSR count). The van der Waals surface area contributed by atoms with E-state index >= 15 is 0 Å². The van der Waals surface area contributed by atoms with Crippen molar-refractivity contribution in [3.05, 3.63) is 18.3 Å². The van der Waals surface area contributed by atoms with Gasteiger partial charge in [0.15, 0.2) is 11.6 Å². The Bertz CT molecular complexity index is 379. The zero-order valence-electron chi connectivity index (χ0n) is 8.93. The average Bonchev–Trinajstić information content (AvgIpc) is 2.26. The number of aromatic nitrogens is 1. The maximum absolute atomic E-state index is 11.7. The van der Waals surface area contributed by atoms with Gasteiger partial charge in [0, 0.05) is 12.6 Å². The second-order valence-electron chi connectivity index (χ2n) is 3.61. The van der Waals surface area contributed by atoms with Crippen molar-refractivity contribution in [2.24, 2.45) is 0 Å². The fourth-order valence-corrected chi connectivity index (χ4v) is 1.69. The number of carbonyl (C=O) groups excluding carboxylic acids is 1. The summed E-state index contributed by atoms with van der Waals surface area (Å²) >= 11 is 0. The van der Waals surface area contributed by atoms with Crippen LogP contribution < -0.4 is 9.64 Å². The number of nitrogens with zero attached hydrogens (tertiary/aromatic N) is 2. The monoisotopic (exact) mass is 206 g/mol. The minimum Gasteiger partial charge on any atom is -0.485 e. The van der Waals surface area contributed by atoms with Gasteiger partial charge in [0.05, 0.1) is 6.54 Å². The molecule has 0 fully saturated rings. The summed E-state index contributed by atoms with van der Waals surface area (Å²) in [5, 5.41) is 0. The van der Waals surface area contributed by atoms with Gasteiger partial charge >= 0.3 is 0 Å². The van der Waals surface area contributed by atoms with E-state index in [0.29, 0.717) is 24.5 Å². The zero-order valence-corrected chi connectivity index (χ0v) is 8.93. The molecule has 2 heterocycles. The lowest BCUT2D eigenvalue weighted by molar-refractivity contribution is -0.118. The molecular weight excluding hydrogens is 192 g/mol. The molecule has 1 atom stereocenters. The van der Waals surface area contributed by atoms with E-state index in [1.54, 1.807) is 11.1 Å². The highest BCUT2D eigenvalue weighted by Gasteiger charge is 2.27. The molecule has 0 saturated carbocycles. The van der Waals surface area contributed by atoms with Crippen LogP contribution in [0.4, 0.5) is 5.82 Å². The van der Waals surface area contributed by atoms with Crippen LogP contribution in [-0.4, -0.2) is 23.5 Å². The van der Waals surface area contributed by atoms with Crippen LogP contribution in [0.2, 0.25) is 0 Å². The molecule has 0 radical (unpaired) electrons. The number of ether oxygens (including phenoxy) is 1. The normalized spacial score (nSPS) is 19.3. The van der Waals surface area contributed by atoms with Crippen LogP contribution in [0.1, 0.15) is 20.3 Å². The number of anilines is 1. The summed E-state index contributed by atoms with van der Waals surface area (Å²) in [5.74, 6) is 1.42. The Kier molecular flexibility index (Phi) is 2.58. The summed E-state index contributed by atoms with van der Waals surface area (Å²) in [4.78, 5) is 17.6. The lowest BCUT2D eigenvalue weighted by Crippen LogP contribution is -2.42. The van der Waals surface area contributed by atoms with Crippen molar-refractivity contribution in [3.8, 4) is 5.75 Å². The fourth-order valence-electron chi connectivity index (χ4n) is 1.69. The van der Waals surface area contributed by atoms with E-state index in [1.165, 1.54) is 0 Å². The summed E-state index contributed by atoms with van der Waals surface area (Å²) in [6, 6.07) is 3.65. The molecule has 1 aromatic rings. The zero-order chi connectivity index (χ0) is 10.8. The number of carbonyl (C=O) groups is 1. The third kappa shape index (κ3) is 1.79.